The van der Waals surface area contributed by atoms with Crippen LogP contribution >= 0.6 is 0 Å². The Morgan fingerprint density at radius 2 is 2.19 bits per heavy atom. The summed E-state index contributed by atoms with van der Waals surface area (Å²) in [4.78, 5) is 11.2. The minimum atomic E-state index is -0.565. The van der Waals surface area contributed by atoms with Gasteiger partial charge in [0.05, 0.1) is 18.4 Å². The van der Waals surface area contributed by atoms with E-state index in [0.29, 0.717) is 11.3 Å². The van der Waals surface area contributed by atoms with Crippen molar-refractivity contribution in [3.8, 4) is 6.07 Å². The second-order valence-electron chi connectivity index (χ2n) is 3.65. The number of amides is 1. The fraction of sp³-hybridized carbons (Fsp3) is 0.333. The van der Waals surface area contributed by atoms with Crippen LogP contribution in [0.2, 0.25) is 0 Å². The molecule has 0 bridgehead atoms. The van der Waals surface area contributed by atoms with Crippen molar-refractivity contribution in [2.45, 2.75) is 19.8 Å². The number of rotatable bonds is 2. The van der Waals surface area contributed by atoms with E-state index in [0.717, 1.165) is 5.56 Å². The molecule has 4 heteroatoms. The second-order valence-corrected chi connectivity index (χ2v) is 3.65. The van der Waals surface area contributed by atoms with Gasteiger partial charge in [-0.1, -0.05) is 26.0 Å². The summed E-state index contributed by atoms with van der Waals surface area (Å²) in [6.07, 6.45) is -0.565. The number of ether oxygens (including phenoxy) is 1. The molecule has 0 fully saturated rings. The van der Waals surface area contributed by atoms with E-state index >= 15 is 0 Å². The molecule has 0 aliphatic heterocycles. The topological polar surface area (TPSA) is 62.1 Å². The molecule has 0 spiro atoms. The first-order valence-corrected chi connectivity index (χ1v) is 4.98. The molecule has 0 aromatic heterocycles. The number of nitrogens with zero attached hydrogens (tertiary/aromatic N) is 1. The van der Waals surface area contributed by atoms with E-state index in [1.807, 2.05) is 19.9 Å². The number of hydrogen-bond acceptors (Lipinski definition) is 3. The van der Waals surface area contributed by atoms with Crippen LogP contribution in [-0.2, 0) is 4.74 Å². The van der Waals surface area contributed by atoms with Crippen LogP contribution in [-0.4, -0.2) is 13.2 Å². The Kier molecular flexibility index (Phi) is 3.90. The average molecular weight is 218 g/mol. The lowest BCUT2D eigenvalue weighted by Gasteiger charge is -2.14. The van der Waals surface area contributed by atoms with Gasteiger partial charge in [-0.05, 0) is 17.5 Å². The van der Waals surface area contributed by atoms with Crippen molar-refractivity contribution in [2.75, 3.05) is 12.4 Å². The molecule has 4 nitrogen and oxygen atoms in total. The van der Waals surface area contributed by atoms with Gasteiger partial charge in [0.2, 0.25) is 0 Å². The highest BCUT2D eigenvalue weighted by atomic mass is 16.5. The molecule has 0 aliphatic rings. The molecule has 0 radical (unpaired) electrons. The minimum absolute atomic E-state index is 0.223. The van der Waals surface area contributed by atoms with E-state index in [1.54, 1.807) is 12.1 Å². The average Bonchev–Trinajstić information content (AvgIpc) is 2.28. The molecule has 0 atom stereocenters. The number of nitrogens with one attached hydrogen (secondary N) is 1. The number of hydrogen-bond donors (Lipinski definition) is 1. The summed E-state index contributed by atoms with van der Waals surface area (Å²) in [5.41, 5.74) is 1.90. The highest BCUT2D eigenvalue weighted by Crippen LogP contribution is 2.27. The normalized spacial score (nSPS) is 9.69. The third-order valence-electron chi connectivity index (χ3n) is 2.25. The molecule has 16 heavy (non-hydrogen) atoms. The van der Waals surface area contributed by atoms with E-state index in [4.69, 9.17) is 5.26 Å². The first-order chi connectivity index (χ1) is 7.60. The van der Waals surface area contributed by atoms with Crippen LogP contribution in [0.15, 0.2) is 18.2 Å². The molecule has 0 heterocycles. The van der Waals surface area contributed by atoms with E-state index in [1.165, 1.54) is 7.11 Å². The summed E-state index contributed by atoms with van der Waals surface area (Å²) in [6.45, 7) is 4.00. The quantitative estimate of drug-likeness (QED) is 0.830. The smallest absolute Gasteiger partial charge is 0.411 e. The van der Waals surface area contributed by atoms with Gasteiger partial charge >= 0.3 is 6.09 Å². The van der Waals surface area contributed by atoms with Crippen molar-refractivity contribution < 1.29 is 9.53 Å². The molecule has 1 aromatic rings. The molecule has 0 unspecified atom stereocenters. The molecule has 0 aliphatic carbocycles. The number of benzene rings is 1. The number of methoxy groups -OCH3 is 1. The first-order valence-electron chi connectivity index (χ1n) is 4.98. The van der Waals surface area contributed by atoms with Gasteiger partial charge in [0.15, 0.2) is 0 Å². The number of nitriles is 1. The Bertz CT molecular complexity index is 433. The lowest BCUT2D eigenvalue weighted by Crippen LogP contribution is -2.14. The summed E-state index contributed by atoms with van der Waals surface area (Å²) in [5.74, 6) is 0.223. The van der Waals surface area contributed by atoms with Crippen LogP contribution in [0.3, 0.4) is 0 Å². The zero-order valence-electron chi connectivity index (χ0n) is 9.57. The van der Waals surface area contributed by atoms with Gasteiger partial charge in [-0.3, -0.25) is 5.32 Å². The van der Waals surface area contributed by atoms with E-state index < -0.39 is 6.09 Å². The summed E-state index contributed by atoms with van der Waals surface area (Å²) in [6, 6.07) is 7.40. The predicted octanol–water partition coefficient (Wildman–Crippen LogP) is 2.86. The lowest BCUT2D eigenvalue weighted by atomic mass is 9.98. The van der Waals surface area contributed by atoms with Gasteiger partial charge in [-0.2, -0.15) is 5.26 Å². The number of para-hydroxylation sites is 1. The fourth-order valence-electron chi connectivity index (χ4n) is 1.44. The maximum absolute atomic E-state index is 11.2. The van der Waals surface area contributed by atoms with Crippen LogP contribution in [0.5, 0.6) is 0 Å². The number of carbonyl (C=O) groups is 1. The van der Waals surface area contributed by atoms with Gasteiger partial charge in [0.25, 0.3) is 0 Å². The molecular weight excluding hydrogens is 204 g/mol. The van der Waals surface area contributed by atoms with Crippen LogP contribution in [0.1, 0.15) is 30.9 Å². The predicted molar refractivity (Wildman–Crippen MR) is 61.3 cm³/mol. The molecule has 0 saturated carbocycles. The minimum Gasteiger partial charge on any atom is -0.453 e. The maximum Gasteiger partial charge on any atom is 0.411 e. The van der Waals surface area contributed by atoms with Crippen molar-refractivity contribution in [3.63, 3.8) is 0 Å². The van der Waals surface area contributed by atoms with Crippen molar-refractivity contribution in [1.82, 2.24) is 0 Å². The van der Waals surface area contributed by atoms with Gasteiger partial charge in [0, 0.05) is 0 Å². The molecule has 1 N–H and O–H groups in total. The summed E-state index contributed by atoms with van der Waals surface area (Å²) >= 11 is 0. The van der Waals surface area contributed by atoms with E-state index in [9.17, 15) is 4.79 Å². The Morgan fingerprint density at radius 3 is 2.69 bits per heavy atom. The molecule has 84 valence electrons. The van der Waals surface area contributed by atoms with Gasteiger partial charge in [-0.15, -0.1) is 0 Å². The Morgan fingerprint density at radius 1 is 1.50 bits per heavy atom. The van der Waals surface area contributed by atoms with Gasteiger partial charge in [0.1, 0.15) is 6.07 Å². The molecule has 0 saturated heterocycles. The Labute approximate surface area is 94.8 Å². The molecule has 1 aromatic carbocycles. The van der Waals surface area contributed by atoms with E-state index in [2.05, 4.69) is 16.1 Å². The third kappa shape index (κ3) is 2.51. The summed E-state index contributed by atoms with van der Waals surface area (Å²) < 4.78 is 4.53. The van der Waals surface area contributed by atoms with Crippen LogP contribution < -0.4 is 5.32 Å². The largest absolute Gasteiger partial charge is 0.453 e. The first kappa shape index (κ1) is 12.1. The van der Waals surface area contributed by atoms with Crippen molar-refractivity contribution in [2.24, 2.45) is 0 Å². The second kappa shape index (κ2) is 5.17. The molecule has 1 rings (SSSR count). The summed E-state index contributed by atoms with van der Waals surface area (Å²) in [5, 5.41) is 11.5. The number of carbonyl (C=O) groups excluding carboxylic acids is 1. The SMILES string of the molecule is COC(=O)Nc1c(C#N)cccc1C(C)C. The van der Waals surface area contributed by atoms with Crippen LogP contribution in [0, 0.1) is 11.3 Å². The highest BCUT2D eigenvalue weighted by Gasteiger charge is 2.13. The van der Waals surface area contributed by atoms with Crippen molar-refractivity contribution in [3.05, 3.63) is 29.3 Å². The zero-order valence-corrected chi connectivity index (χ0v) is 9.57. The lowest BCUT2D eigenvalue weighted by molar-refractivity contribution is 0.187. The van der Waals surface area contributed by atoms with Gasteiger partial charge < -0.3 is 4.74 Å². The maximum atomic E-state index is 11.2. The van der Waals surface area contributed by atoms with Crippen molar-refractivity contribution in [1.29, 1.82) is 5.26 Å². The Hall–Kier alpha value is -2.02. The van der Waals surface area contributed by atoms with Gasteiger partial charge in [-0.25, -0.2) is 4.79 Å². The summed E-state index contributed by atoms with van der Waals surface area (Å²) in [7, 11) is 1.29. The Balaban J connectivity index is 3.21. The highest BCUT2D eigenvalue weighted by molar-refractivity contribution is 5.87. The van der Waals surface area contributed by atoms with Crippen LogP contribution in [0.4, 0.5) is 10.5 Å². The standard InChI is InChI=1S/C12H14N2O2/c1-8(2)10-6-4-5-9(7-13)11(10)14-12(15)16-3/h4-6,8H,1-3H3,(H,14,15). The zero-order chi connectivity index (χ0) is 12.1. The van der Waals surface area contributed by atoms with Crippen LogP contribution in [0.25, 0.3) is 0 Å². The van der Waals surface area contributed by atoms with E-state index in [-0.39, 0.29) is 5.92 Å². The number of anilines is 1. The fourth-order valence-corrected chi connectivity index (χ4v) is 1.44. The van der Waals surface area contributed by atoms with Crippen molar-refractivity contribution >= 4 is 11.8 Å². The monoisotopic (exact) mass is 218 g/mol. The molecule has 1 amide bonds. The third-order valence-corrected chi connectivity index (χ3v) is 2.25. The molecular formula is C12H14N2O2.